The summed E-state index contributed by atoms with van der Waals surface area (Å²) in [7, 11) is 0. The van der Waals surface area contributed by atoms with Gasteiger partial charge in [0.2, 0.25) is 0 Å². The maximum atomic E-state index is 14.0. The van der Waals surface area contributed by atoms with E-state index in [2.05, 4.69) is 4.98 Å². The van der Waals surface area contributed by atoms with E-state index >= 15 is 0 Å². The summed E-state index contributed by atoms with van der Waals surface area (Å²) in [6.45, 7) is 0. The van der Waals surface area contributed by atoms with E-state index in [1.54, 1.807) is 12.1 Å². The van der Waals surface area contributed by atoms with Crippen LogP contribution < -0.4 is 0 Å². The van der Waals surface area contributed by atoms with Crippen LogP contribution in [0.2, 0.25) is 0 Å². The zero-order chi connectivity index (χ0) is 20.8. The van der Waals surface area contributed by atoms with Gasteiger partial charge in [-0.1, -0.05) is 36.4 Å². The molecule has 3 aromatic carbocycles. The van der Waals surface area contributed by atoms with Crippen LogP contribution in [0.4, 0.5) is 8.78 Å². The third kappa shape index (κ3) is 3.03. The molecule has 1 aromatic heterocycles. The predicted molar refractivity (Wildman–Crippen MR) is 111 cm³/mol. The number of nitrogens with zero attached hydrogens (tertiary/aromatic N) is 1. The molecule has 4 aromatic rings. The molecule has 1 aliphatic rings. The molecule has 1 aliphatic carbocycles. The fourth-order valence-electron chi connectivity index (χ4n) is 4.30. The van der Waals surface area contributed by atoms with Gasteiger partial charge in [0.1, 0.15) is 11.6 Å². The van der Waals surface area contributed by atoms with Crippen molar-refractivity contribution in [3.05, 3.63) is 100 Å². The Balaban J connectivity index is 1.64. The first-order valence-electron chi connectivity index (χ1n) is 9.72. The summed E-state index contributed by atoms with van der Waals surface area (Å²) in [5.74, 6) is -1.79. The lowest BCUT2D eigenvalue weighted by Crippen LogP contribution is -2.13. The Kier molecular flexibility index (Phi) is 4.31. The number of hydrogen-bond donors (Lipinski definition) is 1. The molecule has 0 aliphatic heterocycles. The molecule has 30 heavy (non-hydrogen) atoms. The molecule has 0 fully saturated rings. The van der Waals surface area contributed by atoms with E-state index in [1.165, 1.54) is 24.3 Å². The quantitative estimate of drug-likeness (QED) is 0.488. The van der Waals surface area contributed by atoms with Gasteiger partial charge in [-0.3, -0.25) is 0 Å². The lowest BCUT2D eigenvalue weighted by atomic mass is 9.84. The molecule has 0 unspecified atom stereocenters. The number of aryl methyl sites for hydroxylation is 1. The minimum Gasteiger partial charge on any atom is -0.478 e. The topological polar surface area (TPSA) is 50.2 Å². The number of aromatic carboxylic acids is 1. The number of carboxylic acid groups (broad SMARTS) is 1. The second-order valence-corrected chi connectivity index (χ2v) is 7.54. The van der Waals surface area contributed by atoms with Gasteiger partial charge >= 0.3 is 5.97 Å². The Morgan fingerprint density at radius 2 is 1.83 bits per heavy atom. The molecule has 5 rings (SSSR count). The number of pyridine rings is 1. The van der Waals surface area contributed by atoms with Crippen LogP contribution in [0.5, 0.6) is 0 Å². The van der Waals surface area contributed by atoms with Gasteiger partial charge in [-0.15, -0.1) is 0 Å². The van der Waals surface area contributed by atoms with Crippen molar-refractivity contribution >= 4 is 16.9 Å². The molecule has 3 nitrogen and oxygen atoms in total. The molecule has 148 valence electrons. The van der Waals surface area contributed by atoms with Crippen molar-refractivity contribution in [3.63, 3.8) is 0 Å². The Morgan fingerprint density at radius 1 is 1.00 bits per heavy atom. The van der Waals surface area contributed by atoms with Crippen molar-refractivity contribution in [3.8, 4) is 11.3 Å². The molecule has 0 saturated heterocycles. The van der Waals surface area contributed by atoms with E-state index in [0.29, 0.717) is 47.0 Å². The van der Waals surface area contributed by atoms with E-state index in [-0.39, 0.29) is 11.4 Å². The van der Waals surface area contributed by atoms with Crippen molar-refractivity contribution in [2.24, 2.45) is 0 Å². The summed E-state index contributed by atoms with van der Waals surface area (Å²) in [4.78, 5) is 16.7. The Hall–Kier alpha value is -3.60. The van der Waals surface area contributed by atoms with Crippen molar-refractivity contribution in [1.82, 2.24) is 4.98 Å². The SMILES string of the molecule is O=C(O)c1c2c(nc3ccc(F)cc13)-c1ccc(Cc3ccccc3F)cc1CC2. The summed E-state index contributed by atoms with van der Waals surface area (Å²) in [5, 5.41) is 10.1. The lowest BCUT2D eigenvalue weighted by molar-refractivity contribution is 0.0698. The van der Waals surface area contributed by atoms with Crippen LogP contribution in [0.1, 0.15) is 32.6 Å². The number of benzene rings is 3. The van der Waals surface area contributed by atoms with Crippen LogP contribution in [0.3, 0.4) is 0 Å². The van der Waals surface area contributed by atoms with Crippen LogP contribution in [0.15, 0.2) is 60.7 Å². The van der Waals surface area contributed by atoms with Crippen molar-refractivity contribution < 1.29 is 18.7 Å². The first kappa shape index (κ1) is 18.4. The summed E-state index contributed by atoms with van der Waals surface area (Å²) in [5.41, 5.74) is 5.40. The average molecular weight is 401 g/mol. The molecule has 1 heterocycles. The number of hydrogen-bond acceptors (Lipinski definition) is 2. The molecule has 0 saturated carbocycles. The second-order valence-electron chi connectivity index (χ2n) is 7.54. The van der Waals surface area contributed by atoms with Gasteiger partial charge in [0, 0.05) is 17.4 Å². The van der Waals surface area contributed by atoms with E-state index < -0.39 is 11.8 Å². The van der Waals surface area contributed by atoms with Crippen LogP contribution in [-0.4, -0.2) is 16.1 Å². The van der Waals surface area contributed by atoms with Crippen molar-refractivity contribution in [1.29, 1.82) is 0 Å². The number of carboxylic acids is 1. The number of fused-ring (bicyclic) bond motifs is 4. The summed E-state index contributed by atoms with van der Waals surface area (Å²) in [6, 6.07) is 16.6. The first-order chi connectivity index (χ1) is 14.5. The van der Waals surface area contributed by atoms with Gasteiger partial charge in [0.05, 0.1) is 16.8 Å². The fourth-order valence-corrected chi connectivity index (χ4v) is 4.30. The molecule has 0 amide bonds. The molecule has 0 radical (unpaired) electrons. The van der Waals surface area contributed by atoms with Crippen molar-refractivity contribution in [2.75, 3.05) is 0 Å². The minimum atomic E-state index is -1.08. The number of rotatable bonds is 3. The van der Waals surface area contributed by atoms with Crippen LogP contribution >= 0.6 is 0 Å². The third-order valence-corrected chi connectivity index (χ3v) is 5.68. The zero-order valence-corrected chi connectivity index (χ0v) is 16.0. The Bertz CT molecular complexity index is 1330. The monoisotopic (exact) mass is 401 g/mol. The smallest absolute Gasteiger partial charge is 0.336 e. The Labute approximate surface area is 171 Å². The highest BCUT2D eigenvalue weighted by atomic mass is 19.1. The maximum absolute atomic E-state index is 14.0. The summed E-state index contributed by atoms with van der Waals surface area (Å²) >= 11 is 0. The van der Waals surface area contributed by atoms with Gasteiger partial charge in [0.25, 0.3) is 0 Å². The zero-order valence-electron chi connectivity index (χ0n) is 16.0. The normalized spacial score (nSPS) is 12.5. The average Bonchev–Trinajstić information content (AvgIpc) is 2.73. The van der Waals surface area contributed by atoms with Gasteiger partial charge in [0.15, 0.2) is 0 Å². The molecular formula is C25H17F2NO2. The molecular weight excluding hydrogens is 384 g/mol. The third-order valence-electron chi connectivity index (χ3n) is 5.68. The molecule has 0 atom stereocenters. The minimum absolute atomic E-state index is 0.121. The first-order valence-corrected chi connectivity index (χ1v) is 9.72. The number of aromatic nitrogens is 1. The number of halogens is 2. The highest BCUT2D eigenvalue weighted by Crippen LogP contribution is 2.37. The van der Waals surface area contributed by atoms with E-state index in [9.17, 15) is 18.7 Å². The lowest BCUT2D eigenvalue weighted by Gasteiger charge is -2.22. The molecule has 5 heteroatoms. The number of carbonyl (C=O) groups is 1. The van der Waals surface area contributed by atoms with Crippen LogP contribution in [0, 0.1) is 11.6 Å². The highest BCUT2D eigenvalue weighted by Gasteiger charge is 2.26. The predicted octanol–water partition coefficient (Wildman–Crippen LogP) is 5.57. The van der Waals surface area contributed by atoms with Crippen LogP contribution in [-0.2, 0) is 19.3 Å². The largest absolute Gasteiger partial charge is 0.478 e. The van der Waals surface area contributed by atoms with E-state index in [0.717, 1.165) is 16.7 Å². The second kappa shape index (κ2) is 7.02. The summed E-state index contributed by atoms with van der Waals surface area (Å²) < 4.78 is 27.8. The van der Waals surface area contributed by atoms with Gasteiger partial charge in [-0.25, -0.2) is 18.6 Å². The fraction of sp³-hybridized carbons (Fsp3) is 0.120. The van der Waals surface area contributed by atoms with Gasteiger partial charge in [-0.2, -0.15) is 0 Å². The highest BCUT2D eigenvalue weighted by molar-refractivity contribution is 6.06. The van der Waals surface area contributed by atoms with E-state index in [1.807, 2.05) is 24.3 Å². The van der Waals surface area contributed by atoms with Gasteiger partial charge in [-0.05, 0) is 59.4 Å². The van der Waals surface area contributed by atoms with E-state index in [4.69, 9.17) is 0 Å². The molecule has 1 N–H and O–H groups in total. The van der Waals surface area contributed by atoms with Crippen LogP contribution in [0.25, 0.3) is 22.2 Å². The maximum Gasteiger partial charge on any atom is 0.336 e. The Morgan fingerprint density at radius 3 is 2.63 bits per heavy atom. The summed E-state index contributed by atoms with van der Waals surface area (Å²) in [6.07, 6.45) is 1.64. The standard InChI is InChI=1S/C25H17F2NO2/c26-17-7-10-22-20(13-17)23(25(29)30)19-9-6-15-11-14(5-8-18(15)24(19)28-22)12-16-3-1-2-4-21(16)27/h1-5,7-8,10-11,13H,6,9,12H2,(H,29,30). The molecule has 0 spiro atoms. The molecule has 0 bridgehead atoms. The van der Waals surface area contributed by atoms with Crippen molar-refractivity contribution in [2.45, 2.75) is 19.3 Å². The van der Waals surface area contributed by atoms with Gasteiger partial charge < -0.3 is 5.11 Å².